The van der Waals surface area contributed by atoms with Crippen LogP contribution >= 0.6 is 0 Å². The molecule has 0 radical (unpaired) electrons. The molecular formula is C12H19FN2O2S. The molecule has 0 unspecified atom stereocenters. The molecule has 0 fully saturated rings. The van der Waals surface area contributed by atoms with Gasteiger partial charge in [-0.3, -0.25) is 0 Å². The highest BCUT2D eigenvalue weighted by Crippen LogP contribution is 2.22. The predicted molar refractivity (Wildman–Crippen MR) is 68.9 cm³/mol. The molecule has 102 valence electrons. The van der Waals surface area contributed by atoms with Crippen LogP contribution in [0.15, 0.2) is 23.1 Å². The van der Waals surface area contributed by atoms with Crippen molar-refractivity contribution >= 4 is 10.0 Å². The minimum absolute atomic E-state index is 0.0353. The van der Waals surface area contributed by atoms with Gasteiger partial charge in [-0.2, -0.15) is 0 Å². The van der Waals surface area contributed by atoms with E-state index >= 15 is 0 Å². The molecular weight excluding hydrogens is 255 g/mol. The van der Waals surface area contributed by atoms with Gasteiger partial charge < -0.3 is 5.73 Å². The average molecular weight is 274 g/mol. The van der Waals surface area contributed by atoms with Crippen molar-refractivity contribution in [2.45, 2.75) is 25.3 Å². The fraction of sp³-hybridized carbons (Fsp3) is 0.500. The Hall–Kier alpha value is -0.980. The van der Waals surface area contributed by atoms with Gasteiger partial charge in [-0.15, -0.1) is 0 Å². The molecule has 0 bridgehead atoms. The van der Waals surface area contributed by atoms with Crippen LogP contribution in [0, 0.1) is 11.7 Å². The van der Waals surface area contributed by atoms with E-state index in [4.69, 9.17) is 5.73 Å². The lowest BCUT2D eigenvalue weighted by molar-refractivity contribution is 0.416. The molecule has 1 rings (SSSR count). The van der Waals surface area contributed by atoms with Gasteiger partial charge in [0, 0.05) is 25.7 Å². The molecule has 0 saturated heterocycles. The molecule has 0 heterocycles. The second-order valence-corrected chi connectivity index (χ2v) is 6.61. The Balaban J connectivity index is 3.24. The van der Waals surface area contributed by atoms with Crippen molar-refractivity contribution in [1.82, 2.24) is 4.31 Å². The summed E-state index contributed by atoms with van der Waals surface area (Å²) in [5, 5.41) is 0. The van der Waals surface area contributed by atoms with E-state index in [0.29, 0.717) is 6.54 Å². The minimum atomic E-state index is -3.69. The van der Waals surface area contributed by atoms with Crippen LogP contribution in [0.3, 0.4) is 0 Å². The molecule has 18 heavy (non-hydrogen) atoms. The molecule has 0 amide bonds. The van der Waals surface area contributed by atoms with E-state index in [9.17, 15) is 12.8 Å². The van der Waals surface area contributed by atoms with E-state index in [0.717, 1.165) is 0 Å². The second kappa shape index (κ2) is 5.77. The first-order valence-electron chi connectivity index (χ1n) is 5.74. The lowest BCUT2D eigenvalue weighted by Gasteiger charge is -2.20. The van der Waals surface area contributed by atoms with Crippen molar-refractivity contribution in [3.63, 3.8) is 0 Å². The first-order valence-corrected chi connectivity index (χ1v) is 7.18. The molecule has 2 N–H and O–H groups in total. The Kier molecular flexibility index (Phi) is 4.84. The highest BCUT2D eigenvalue weighted by atomic mass is 32.2. The summed E-state index contributed by atoms with van der Waals surface area (Å²) in [5.41, 5.74) is 5.46. The van der Waals surface area contributed by atoms with Crippen LogP contribution in [0.25, 0.3) is 0 Å². The molecule has 0 aliphatic heterocycles. The van der Waals surface area contributed by atoms with Gasteiger partial charge in [0.1, 0.15) is 5.82 Å². The first-order chi connectivity index (χ1) is 8.30. The largest absolute Gasteiger partial charge is 0.326 e. The summed E-state index contributed by atoms with van der Waals surface area (Å²) in [6.45, 7) is 4.07. The van der Waals surface area contributed by atoms with Crippen molar-refractivity contribution in [1.29, 1.82) is 0 Å². The van der Waals surface area contributed by atoms with Crippen LogP contribution in [-0.4, -0.2) is 26.3 Å². The first kappa shape index (κ1) is 15.1. The lowest BCUT2D eigenvalue weighted by Crippen LogP contribution is -2.31. The van der Waals surface area contributed by atoms with Crippen molar-refractivity contribution < 1.29 is 12.8 Å². The van der Waals surface area contributed by atoms with Crippen LogP contribution in [0.4, 0.5) is 4.39 Å². The summed E-state index contributed by atoms with van der Waals surface area (Å²) >= 11 is 0. The van der Waals surface area contributed by atoms with E-state index in [1.165, 1.54) is 29.6 Å². The van der Waals surface area contributed by atoms with Crippen LogP contribution < -0.4 is 5.73 Å². The van der Waals surface area contributed by atoms with Gasteiger partial charge in [0.15, 0.2) is 0 Å². The number of halogens is 1. The van der Waals surface area contributed by atoms with Crippen LogP contribution in [-0.2, 0) is 16.6 Å². The lowest BCUT2D eigenvalue weighted by atomic mass is 10.2. The van der Waals surface area contributed by atoms with Crippen molar-refractivity contribution in [3.05, 3.63) is 29.6 Å². The van der Waals surface area contributed by atoms with Gasteiger partial charge >= 0.3 is 0 Å². The van der Waals surface area contributed by atoms with Gasteiger partial charge in [0.25, 0.3) is 0 Å². The summed E-state index contributed by atoms with van der Waals surface area (Å²) in [4.78, 5) is -0.0480. The molecule has 0 aliphatic rings. The number of hydrogen-bond donors (Lipinski definition) is 1. The fourth-order valence-corrected chi connectivity index (χ4v) is 3.33. The van der Waals surface area contributed by atoms with Gasteiger partial charge in [-0.1, -0.05) is 19.9 Å². The molecule has 0 saturated carbocycles. The molecule has 0 spiro atoms. The molecule has 6 heteroatoms. The van der Waals surface area contributed by atoms with E-state index in [1.54, 1.807) is 0 Å². The molecule has 0 aromatic heterocycles. The maximum atomic E-state index is 13.5. The second-order valence-electron chi connectivity index (χ2n) is 4.60. The van der Waals surface area contributed by atoms with Crippen molar-refractivity contribution in [3.8, 4) is 0 Å². The molecule has 1 aromatic rings. The van der Waals surface area contributed by atoms with E-state index < -0.39 is 15.8 Å². The third-order valence-electron chi connectivity index (χ3n) is 2.59. The number of rotatable bonds is 5. The zero-order valence-electron chi connectivity index (χ0n) is 10.9. The fourth-order valence-electron chi connectivity index (χ4n) is 1.76. The molecule has 0 atom stereocenters. The van der Waals surface area contributed by atoms with E-state index in [2.05, 4.69) is 0 Å². The highest BCUT2D eigenvalue weighted by molar-refractivity contribution is 7.89. The Labute approximate surface area is 108 Å². The SMILES string of the molecule is CC(C)CN(C)S(=O)(=O)c1cccc(F)c1CN. The molecule has 0 aliphatic carbocycles. The highest BCUT2D eigenvalue weighted by Gasteiger charge is 2.25. The topological polar surface area (TPSA) is 63.4 Å². The summed E-state index contributed by atoms with van der Waals surface area (Å²) in [6, 6.07) is 3.98. The number of sulfonamides is 1. The molecule has 1 aromatic carbocycles. The number of nitrogens with zero attached hydrogens (tertiary/aromatic N) is 1. The summed E-state index contributed by atoms with van der Waals surface area (Å²) < 4.78 is 39.4. The van der Waals surface area contributed by atoms with E-state index in [1.807, 2.05) is 13.8 Å². The van der Waals surface area contributed by atoms with Crippen LogP contribution in [0.5, 0.6) is 0 Å². The predicted octanol–water partition coefficient (Wildman–Crippen LogP) is 1.56. The van der Waals surface area contributed by atoms with Crippen molar-refractivity contribution in [2.24, 2.45) is 11.7 Å². The third kappa shape index (κ3) is 3.07. The van der Waals surface area contributed by atoms with Gasteiger partial charge in [-0.05, 0) is 18.1 Å². The molecule has 4 nitrogen and oxygen atoms in total. The average Bonchev–Trinajstić information content (AvgIpc) is 2.27. The minimum Gasteiger partial charge on any atom is -0.326 e. The Morgan fingerprint density at radius 3 is 2.50 bits per heavy atom. The zero-order valence-corrected chi connectivity index (χ0v) is 11.7. The maximum Gasteiger partial charge on any atom is 0.243 e. The quantitative estimate of drug-likeness (QED) is 0.886. The summed E-state index contributed by atoms with van der Waals surface area (Å²) in [5.74, 6) is -0.392. The number of hydrogen-bond acceptors (Lipinski definition) is 3. The Bertz CT molecular complexity index is 515. The normalized spacial score (nSPS) is 12.4. The van der Waals surface area contributed by atoms with Gasteiger partial charge in [0.05, 0.1) is 4.90 Å². The summed E-state index contributed by atoms with van der Waals surface area (Å²) in [7, 11) is -2.20. The standard InChI is InChI=1S/C12H19FN2O2S/c1-9(2)8-15(3)18(16,17)12-6-4-5-11(13)10(12)7-14/h4-6,9H,7-8,14H2,1-3H3. The number of nitrogens with two attached hydrogens (primary N) is 1. The monoisotopic (exact) mass is 274 g/mol. The maximum absolute atomic E-state index is 13.5. The smallest absolute Gasteiger partial charge is 0.243 e. The van der Waals surface area contributed by atoms with Crippen LogP contribution in [0.2, 0.25) is 0 Å². The Morgan fingerprint density at radius 1 is 1.39 bits per heavy atom. The van der Waals surface area contributed by atoms with Crippen LogP contribution in [0.1, 0.15) is 19.4 Å². The van der Waals surface area contributed by atoms with Gasteiger partial charge in [0.2, 0.25) is 10.0 Å². The van der Waals surface area contributed by atoms with Crippen molar-refractivity contribution in [2.75, 3.05) is 13.6 Å². The van der Waals surface area contributed by atoms with Gasteiger partial charge in [-0.25, -0.2) is 17.1 Å². The number of benzene rings is 1. The van der Waals surface area contributed by atoms with E-state index in [-0.39, 0.29) is 22.9 Å². The Morgan fingerprint density at radius 2 is 2.00 bits per heavy atom. The third-order valence-corrected chi connectivity index (χ3v) is 4.50. The zero-order chi connectivity index (χ0) is 13.9. The summed E-state index contributed by atoms with van der Waals surface area (Å²) in [6.07, 6.45) is 0.